The molecular formula is C20H15N3O4. The summed E-state index contributed by atoms with van der Waals surface area (Å²) < 4.78 is 9.77. The number of carbonyl (C=O) groups is 1. The van der Waals surface area contributed by atoms with Gasteiger partial charge in [-0.3, -0.25) is 4.79 Å². The lowest BCUT2D eigenvalue weighted by molar-refractivity contribution is 0.0600. The Bertz CT molecular complexity index is 1140. The highest BCUT2D eigenvalue weighted by Crippen LogP contribution is 2.19. The van der Waals surface area contributed by atoms with E-state index in [4.69, 9.17) is 4.74 Å². The summed E-state index contributed by atoms with van der Waals surface area (Å²) in [4.78, 5) is 30.8. The fraction of sp³-hybridized carbons (Fsp3) is 0.100. The quantitative estimate of drug-likeness (QED) is 0.566. The highest BCUT2D eigenvalue weighted by atomic mass is 16.5. The molecule has 2 aromatic carbocycles. The summed E-state index contributed by atoms with van der Waals surface area (Å²) in [7, 11) is 2.82. The van der Waals surface area contributed by atoms with Crippen molar-refractivity contribution in [2.24, 2.45) is 0 Å². The maximum Gasteiger partial charge on any atom is 0.337 e. The lowest BCUT2D eigenvalue weighted by Gasteiger charge is -2.04. The maximum atomic E-state index is 12.4. The number of benzene rings is 2. The molecule has 0 saturated heterocycles. The predicted octanol–water partition coefficient (Wildman–Crippen LogP) is 2.78. The number of hydrogen-bond acceptors (Lipinski definition) is 6. The number of fused-ring (bicyclic) bond motifs is 1. The van der Waals surface area contributed by atoms with Gasteiger partial charge >= 0.3 is 5.97 Å². The number of aromatic amines is 1. The predicted molar refractivity (Wildman–Crippen MR) is 100 cm³/mol. The van der Waals surface area contributed by atoms with E-state index in [1.807, 2.05) is 6.07 Å². The Balaban J connectivity index is 2.02. The highest BCUT2D eigenvalue weighted by Gasteiger charge is 2.10. The smallest absolute Gasteiger partial charge is 0.337 e. The third-order valence-electron chi connectivity index (χ3n) is 3.93. The normalized spacial score (nSPS) is 11.1. The average molecular weight is 361 g/mol. The number of allylic oxidation sites excluding steroid dienone is 1. The molecular weight excluding hydrogens is 346 g/mol. The van der Waals surface area contributed by atoms with Crippen molar-refractivity contribution in [2.45, 2.75) is 0 Å². The van der Waals surface area contributed by atoms with Crippen LogP contribution < -0.4 is 10.3 Å². The SMILES string of the molecule is COC(=O)c1ccc(C=C(C#N)c2nc3ccc(OC)cc3c(=O)[nH]2)cc1. The molecule has 1 aromatic heterocycles. The zero-order chi connectivity index (χ0) is 19.4. The van der Waals surface area contributed by atoms with Crippen molar-refractivity contribution in [3.63, 3.8) is 0 Å². The van der Waals surface area contributed by atoms with Gasteiger partial charge in [0.1, 0.15) is 11.8 Å². The first-order chi connectivity index (χ1) is 13.0. The molecule has 3 aromatic rings. The largest absolute Gasteiger partial charge is 0.497 e. The van der Waals surface area contributed by atoms with E-state index in [9.17, 15) is 14.9 Å². The van der Waals surface area contributed by atoms with Gasteiger partial charge in [0, 0.05) is 0 Å². The average Bonchev–Trinajstić information content (AvgIpc) is 2.71. The van der Waals surface area contributed by atoms with E-state index in [-0.39, 0.29) is 17.0 Å². The van der Waals surface area contributed by atoms with Crippen molar-refractivity contribution in [3.8, 4) is 11.8 Å². The fourth-order valence-electron chi connectivity index (χ4n) is 2.53. The third kappa shape index (κ3) is 3.70. The molecule has 0 spiro atoms. The molecule has 0 fully saturated rings. The van der Waals surface area contributed by atoms with E-state index in [2.05, 4.69) is 14.7 Å². The number of carbonyl (C=O) groups excluding carboxylic acids is 1. The van der Waals surface area contributed by atoms with Gasteiger partial charge in [-0.15, -0.1) is 0 Å². The van der Waals surface area contributed by atoms with Gasteiger partial charge in [0.25, 0.3) is 5.56 Å². The minimum absolute atomic E-state index is 0.164. The van der Waals surface area contributed by atoms with Crippen LogP contribution in [0, 0.1) is 11.3 Å². The number of nitriles is 1. The monoisotopic (exact) mass is 361 g/mol. The first-order valence-electron chi connectivity index (χ1n) is 7.94. The Kier molecular flexibility index (Phi) is 4.99. The van der Waals surface area contributed by atoms with Gasteiger partial charge in [0.2, 0.25) is 0 Å². The molecule has 27 heavy (non-hydrogen) atoms. The second-order valence-electron chi connectivity index (χ2n) is 5.58. The van der Waals surface area contributed by atoms with Crippen molar-refractivity contribution < 1.29 is 14.3 Å². The number of nitrogens with zero attached hydrogens (tertiary/aromatic N) is 2. The molecule has 0 atom stereocenters. The van der Waals surface area contributed by atoms with E-state index in [1.165, 1.54) is 14.2 Å². The molecule has 0 radical (unpaired) electrons. The van der Waals surface area contributed by atoms with Crippen LogP contribution in [0.2, 0.25) is 0 Å². The van der Waals surface area contributed by atoms with Gasteiger partial charge in [-0.25, -0.2) is 9.78 Å². The summed E-state index contributed by atoms with van der Waals surface area (Å²) in [5, 5.41) is 9.87. The van der Waals surface area contributed by atoms with Crippen molar-refractivity contribution in [2.75, 3.05) is 14.2 Å². The zero-order valence-corrected chi connectivity index (χ0v) is 14.6. The summed E-state index contributed by atoms with van der Waals surface area (Å²) in [5.41, 5.74) is 1.36. The molecule has 0 aliphatic carbocycles. The van der Waals surface area contributed by atoms with Crippen LogP contribution in [0.25, 0.3) is 22.6 Å². The standard InChI is InChI=1S/C20H15N3O4/c1-26-15-7-8-17-16(10-15)19(24)23-18(22-17)14(11-21)9-12-3-5-13(6-4-12)20(25)27-2/h3-10H,1-2H3,(H,22,23,24). The van der Waals surface area contributed by atoms with E-state index in [1.54, 1.807) is 48.5 Å². The van der Waals surface area contributed by atoms with E-state index < -0.39 is 5.97 Å². The molecule has 134 valence electrons. The minimum Gasteiger partial charge on any atom is -0.497 e. The van der Waals surface area contributed by atoms with Gasteiger partial charge in [-0.05, 0) is 42.0 Å². The second kappa shape index (κ2) is 7.54. The Morgan fingerprint density at radius 1 is 1.19 bits per heavy atom. The van der Waals surface area contributed by atoms with Crippen LogP contribution in [0.1, 0.15) is 21.7 Å². The van der Waals surface area contributed by atoms with Gasteiger partial charge in [-0.1, -0.05) is 12.1 Å². The van der Waals surface area contributed by atoms with Crippen molar-refractivity contribution in [1.82, 2.24) is 9.97 Å². The van der Waals surface area contributed by atoms with Crippen LogP contribution in [-0.2, 0) is 4.74 Å². The number of aromatic nitrogens is 2. The molecule has 7 heteroatoms. The summed E-state index contributed by atoms with van der Waals surface area (Å²) in [6, 6.07) is 13.5. The van der Waals surface area contributed by atoms with E-state index >= 15 is 0 Å². The summed E-state index contributed by atoms with van der Waals surface area (Å²) in [5.74, 6) is 0.267. The number of rotatable bonds is 4. The molecule has 1 heterocycles. The van der Waals surface area contributed by atoms with E-state index in [0.29, 0.717) is 27.8 Å². The van der Waals surface area contributed by atoms with E-state index in [0.717, 1.165) is 0 Å². The number of methoxy groups -OCH3 is 2. The van der Waals surface area contributed by atoms with Crippen molar-refractivity contribution in [1.29, 1.82) is 5.26 Å². The molecule has 0 bridgehead atoms. The number of nitrogens with one attached hydrogen (secondary N) is 1. The van der Waals surface area contributed by atoms with Crippen LogP contribution in [0.15, 0.2) is 47.3 Å². The highest BCUT2D eigenvalue weighted by molar-refractivity contribution is 5.91. The van der Waals surface area contributed by atoms with Crippen LogP contribution in [-0.4, -0.2) is 30.2 Å². The lowest BCUT2D eigenvalue weighted by atomic mass is 10.1. The summed E-state index contributed by atoms with van der Waals surface area (Å²) >= 11 is 0. The molecule has 0 unspecified atom stereocenters. The minimum atomic E-state index is -0.443. The fourth-order valence-corrected chi connectivity index (χ4v) is 2.53. The molecule has 0 saturated carbocycles. The van der Waals surface area contributed by atoms with Gasteiger partial charge in [0.05, 0.1) is 36.3 Å². The molecule has 7 nitrogen and oxygen atoms in total. The molecule has 0 amide bonds. The van der Waals surface area contributed by atoms with Gasteiger partial charge in [0.15, 0.2) is 5.82 Å². The van der Waals surface area contributed by atoms with Gasteiger partial charge < -0.3 is 14.5 Å². The number of H-pyrrole nitrogens is 1. The maximum absolute atomic E-state index is 12.4. The Morgan fingerprint density at radius 3 is 2.56 bits per heavy atom. The molecule has 0 aliphatic heterocycles. The molecule has 1 N–H and O–H groups in total. The summed E-state index contributed by atoms with van der Waals surface area (Å²) in [6.07, 6.45) is 1.58. The van der Waals surface area contributed by atoms with Crippen LogP contribution in [0.4, 0.5) is 0 Å². The molecule has 3 rings (SSSR count). The van der Waals surface area contributed by atoms with Crippen LogP contribution in [0.3, 0.4) is 0 Å². The van der Waals surface area contributed by atoms with Crippen molar-refractivity contribution in [3.05, 3.63) is 69.8 Å². The van der Waals surface area contributed by atoms with Gasteiger partial charge in [-0.2, -0.15) is 5.26 Å². The zero-order valence-electron chi connectivity index (χ0n) is 14.6. The second-order valence-corrected chi connectivity index (χ2v) is 5.58. The number of ether oxygens (including phenoxy) is 2. The lowest BCUT2D eigenvalue weighted by Crippen LogP contribution is -2.11. The molecule has 0 aliphatic rings. The Morgan fingerprint density at radius 2 is 1.93 bits per heavy atom. The van der Waals surface area contributed by atoms with Crippen LogP contribution in [0.5, 0.6) is 5.75 Å². The first kappa shape index (κ1) is 17.9. The number of esters is 1. The van der Waals surface area contributed by atoms with Crippen LogP contribution >= 0.6 is 0 Å². The summed E-state index contributed by atoms with van der Waals surface area (Å²) in [6.45, 7) is 0. The third-order valence-corrected chi connectivity index (χ3v) is 3.93. The Labute approximate surface area is 154 Å². The topological polar surface area (TPSA) is 105 Å². The first-order valence-corrected chi connectivity index (χ1v) is 7.94. The number of hydrogen-bond donors (Lipinski definition) is 1. The Hall–Kier alpha value is -3.92. The van der Waals surface area contributed by atoms with Crippen molar-refractivity contribution >= 4 is 28.5 Å².